The number of aliphatic imine (C=N–C) groups is 1. The summed E-state index contributed by atoms with van der Waals surface area (Å²) in [5.41, 5.74) is 2.63. The first-order valence-corrected chi connectivity index (χ1v) is 7.99. The van der Waals surface area contributed by atoms with E-state index in [4.69, 9.17) is 0 Å². The molecule has 0 spiro atoms. The Hall–Kier alpha value is -2.37. The first kappa shape index (κ1) is 17.0. The number of aryl methyl sites for hydroxylation is 2. The number of guanidine groups is 1. The zero-order valence-electron chi connectivity index (χ0n) is 14.2. The van der Waals surface area contributed by atoms with Crippen molar-refractivity contribution in [1.29, 1.82) is 0 Å². The molecule has 1 aromatic carbocycles. The highest BCUT2D eigenvalue weighted by molar-refractivity contribution is 5.79. The monoisotopic (exact) mass is 314 g/mol. The van der Waals surface area contributed by atoms with E-state index in [1.54, 1.807) is 12.7 Å². The second kappa shape index (κ2) is 8.92. The smallest absolute Gasteiger partial charge is 0.193 e. The van der Waals surface area contributed by atoms with Gasteiger partial charge in [0.1, 0.15) is 12.7 Å². The minimum Gasteiger partial charge on any atom is -0.356 e. The van der Waals surface area contributed by atoms with Crippen LogP contribution < -0.4 is 5.32 Å². The number of nitrogens with zero attached hydrogens (tertiary/aromatic N) is 5. The molecule has 0 aliphatic rings. The van der Waals surface area contributed by atoms with E-state index in [0.717, 1.165) is 38.4 Å². The van der Waals surface area contributed by atoms with Gasteiger partial charge < -0.3 is 14.8 Å². The number of nitrogens with one attached hydrogen (secondary N) is 1. The normalized spacial score (nSPS) is 11.5. The predicted molar refractivity (Wildman–Crippen MR) is 93.3 cm³/mol. The topological polar surface area (TPSA) is 58.3 Å². The molecular weight excluding hydrogens is 288 g/mol. The standard InChI is InChI=1S/C17H26N6/c1-15-8-4-5-9-16(15)12-22(3)17(18-2)19-10-6-7-11-23-13-20-21-14-23/h4-5,8-9,13-14H,6-7,10-12H2,1-3H3,(H,18,19). The molecule has 6 nitrogen and oxygen atoms in total. The molecule has 0 fully saturated rings. The number of hydrogen-bond donors (Lipinski definition) is 1. The van der Waals surface area contributed by atoms with Crippen LogP contribution in [0.4, 0.5) is 0 Å². The average molecular weight is 314 g/mol. The van der Waals surface area contributed by atoms with E-state index in [0.29, 0.717) is 0 Å². The molecule has 0 aliphatic heterocycles. The third-order valence-electron chi connectivity index (χ3n) is 3.83. The van der Waals surface area contributed by atoms with E-state index >= 15 is 0 Å². The zero-order chi connectivity index (χ0) is 16.5. The molecule has 0 radical (unpaired) electrons. The number of hydrogen-bond acceptors (Lipinski definition) is 3. The van der Waals surface area contributed by atoms with Gasteiger partial charge in [0.2, 0.25) is 0 Å². The minimum absolute atomic E-state index is 0.854. The van der Waals surface area contributed by atoms with E-state index < -0.39 is 0 Å². The van der Waals surface area contributed by atoms with Gasteiger partial charge in [-0.15, -0.1) is 10.2 Å². The molecule has 124 valence electrons. The second-order valence-electron chi connectivity index (χ2n) is 5.66. The van der Waals surface area contributed by atoms with E-state index in [1.807, 2.05) is 11.6 Å². The summed E-state index contributed by atoms with van der Waals surface area (Å²) in [6, 6.07) is 8.46. The predicted octanol–water partition coefficient (Wildman–Crippen LogP) is 2.07. The molecule has 0 saturated carbocycles. The number of aromatic nitrogens is 3. The third-order valence-corrected chi connectivity index (χ3v) is 3.83. The average Bonchev–Trinajstić information content (AvgIpc) is 3.06. The van der Waals surface area contributed by atoms with Gasteiger partial charge in [0.15, 0.2) is 5.96 Å². The summed E-state index contributed by atoms with van der Waals surface area (Å²) in [4.78, 5) is 6.52. The van der Waals surface area contributed by atoms with Crippen molar-refractivity contribution < 1.29 is 0 Å². The van der Waals surface area contributed by atoms with Gasteiger partial charge in [-0.25, -0.2) is 0 Å². The van der Waals surface area contributed by atoms with Gasteiger partial charge >= 0.3 is 0 Å². The van der Waals surface area contributed by atoms with Crippen LogP contribution in [0.15, 0.2) is 41.9 Å². The Morgan fingerprint density at radius 3 is 2.65 bits per heavy atom. The highest BCUT2D eigenvalue weighted by atomic mass is 15.3. The maximum atomic E-state index is 4.37. The van der Waals surface area contributed by atoms with Gasteiger partial charge in [-0.3, -0.25) is 4.99 Å². The van der Waals surface area contributed by atoms with Crippen molar-refractivity contribution in [1.82, 2.24) is 25.0 Å². The summed E-state index contributed by atoms with van der Waals surface area (Å²) in [6.07, 6.45) is 5.67. The molecule has 1 aromatic heterocycles. The molecule has 0 saturated heterocycles. The van der Waals surface area contributed by atoms with Crippen molar-refractivity contribution in [3.05, 3.63) is 48.0 Å². The summed E-state index contributed by atoms with van der Waals surface area (Å²) in [7, 11) is 3.90. The highest BCUT2D eigenvalue weighted by Crippen LogP contribution is 2.09. The summed E-state index contributed by atoms with van der Waals surface area (Å²) in [5, 5.41) is 11.0. The van der Waals surface area contributed by atoms with Gasteiger partial charge in [-0.05, 0) is 30.9 Å². The molecule has 0 bridgehead atoms. The molecule has 1 N–H and O–H groups in total. The van der Waals surface area contributed by atoms with Gasteiger partial charge in [0.05, 0.1) is 0 Å². The van der Waals surface area contributed by atoms with E-state index in [9.17, 15) is 0 Å². The van der Waals surface area contributed by atoms with Crippen molar-refractivity contribution in [2.75, 3.05) is 20.6 Å². The van der Waals surface area contributed by atoms with Crippen molar-refractivity contribution >= 4 is 5.96 Å². The summed E-state index contributed by atoms with van der Waals surface area (Å²) in [5.74, 6) is 0.928. The molecule has 1 heterocycles. The lowest BCUT2D eigenvalue weighted by Gasteiger charge is -2.23. The van der Waals surface area contributed by atoms with E-state index in [1.165, 1.54) is 11.1 Å². The van der Waals surface area contributed by atoms with Crippen LogP contribution in [-0.2, 0) is 13.1 Å². The largest absolute Gasteiger partial charge is 0.356 e. The van der Waals surface area contributed by atoms with Crippen molar-refractivity contribution in [2.24, 2.45) is 4.99 Å². The van der Waals surface area contributed by atoms with Gasteiger partial charge in [0.25, 0.3) is 0 Å². The van der Waals surface area contributed by atoms with E-state index in [-0.39, 0.29) is 0 Å². The first-order chi connectivity index (χ1) is 11.2. The van der Waals surface area contributed by atoms with Crippen LogP contribution in [0.5, 0.6) is 0 Å². The summed E-state index contributed by atoms with van der Waals surface area (Å²) in [6.45, 7) is 4.86. The molecule has 0 aliphatic carbocycles. The molecular formula is C17H26N6. The van der Waals surface area contributed by atoms with E-state index in [2.05, 4.69) is 63.6 Å². The van der Waals surface area contributed by atoms with Crippen molar-refractivity contribution in [3.63, 3.8) is 0 Å². The van der Waals surface area contributed by atoms with Crippen LogP contribution in [-0.4, -0.2) is 46.3 Å². The Morgan fingerprint density at radius 2 is 1.96 bits per heavy atom. The van der Waals surface area contributed by atoms with Crippen molar-refractivity contribution in [2.45, 2.75) is 32.9 Å². The highest BCUT2D eigenvalue weighted by Gasteiger charge is 2.07. The molecule has 2 aromatic rings. The van der Waals surface area contributed by atoms with Gasteiger partial charge in [-0.1, -0.05) is 24.3 Å². The summed E-state index contributed by atoms with van der Waals surface area (Å²) < 4.78 is 2.00. The Labute approximate surface area is 138 Å². The maximum absolute atomic E-state index is 4.37. The first-order valence-electron chi connectivity index (χ1n) is 7.99. The van der Waals surface area contributed by atoms with Gasteiger partial charge in [0, 0.05) is 33.7 Å². The second-order valence-corrected chi connectivity index (χ2v) is 5.66. The molecule has 6 heteroatoms. The Bertz CT molecular complexity index is 605. The molecule has 23 heavy (non-hydrogen) atoms. The third kappa shape index (κ3) is 5.39. The lowest BCUT2D eigenvalue weighted by Crippen LogP contribution is -2.39. The quantitative estimate of drug-likeness (QED) is 0.483. The van der Waals surface area contributed by atoms with Crippen LogP contribution in [0.1, 0.15) is 24.0 Å². The maximum Gasteiger partial charge on any atom is 0.193 e. The SMILES string of the molecule is CN=C(NCCCCn1cnnc1)N(C)Cc1ccccc1C. The lowest BCUT2D eigenvalue weighted by atomic mass is 10.1. The van der Waals surface area contributed by atoms with Crippen LogP contribution in [0, 0.1) is 6.92 Å². The van der Waals surface area contributed by atoms with Crippen LogP contribution >= 0.6 is 0 Å². The molecule has 0 unspecified atom stereocenters. The number of benzene rings is 1. The lowest BCUT2D eigenvalue weighted by molar-refractivity contribution is 0.472. The Balaban J connectivity index is 1.73. The molecule has 0 amide bonds. The van der Waals surface area contributed by atoms with Gasteiger partial charge in [-0.2, -0.15) is 0 Å². The van der Waals surface area contributed by atoms with Crippen LogP contribution in [0.3, 0.4) is 0 Å². The Morgan fingerprint density at radius 1 is 1.22 bits per heavy atom. The van der Waals surface area contributed by atoms with Crippen molar-refractivity contribution in [3.8, 4) is 0 Å². The van der Waals surface area contributed by atoms with Crippen LogP contribution in [0.2, 0.25) is 0 Å². The fraction of sp³-hybridized carbons (Fsp3) is 0.471. The fourth-order valence-electron chi connectivity index (χ4n) is 2.46. The number of rotatable bonds is 7. The minimum atomic E-state index is 0.854. The summed E-state index contributed by atoms with van der Waals surface area (Å²) >= 11 is 0. The fourth-order valence-corrected chi connectivity index (χ4v) is 2.46. The number of unbranched alkanes of at least 4 members (excludes halogenated alkanes) is 1. The molecule has 2 rings (SSSR count). The molecule has 0 atom stereocenters. The van der Waals surface area contributed by atoms with Crippen LogP contribution in [0.25, 0.3) is 0 Å². The Kier molecular flexibility index (Phi) is 6.59. The zero-order valence-corrected chi connectivity index (χ0v) is 14.2.